The van der Waals surface area contributed by atoms with E-state index in [0.29, 0.717) is 6.54 Å². The predicted octanol–water partition coefficient (Wildman–Crippen LogP) is 3.80. The first-order chi connectivity index (χ1) is 14.3. The van der Waals surface area contributed by atoms with Crippen molar-refractivity contribution in [1.82, 2.24) is 10.2 Å². The Balaban J connectivity index is 1.57. The van der Waals surface area contributed by atoms with E-state index in [1.807, 2.05) is 60.7 Å². The SMILES string of the molecule is C[C@@H]1CN(C(C)(C)CNC(=O)COC(c2ccccc2)c2ccccc2)C[C@@H](C)O1. The molecule has 0 spiro atoms. The molecule has 1 fully saturated rings. The fourth-order valence-electron chi connectivity index (χ4n) is 3.95. The van der Waals surface area contributed by atoms with E-state index in [1.165, 1.54) is 0 Å². The standard InChI is InChI=1S/C25H34N2O3/c1-19-15-27(16-20(2)30-19)25(3,4)18-26-23(28)17-29-24(21-11-7-5-8-12-21)22-13-9-6-10-14-22/h5-14,19-20,24H,15-18H2,1-4H3,(H,26,28)/t19-,20-/m1/s1. The van der Waals surface area contributed by atoms with E-state index in [-0.39, 0.29) is 36.4 Å². The minimum absolute atomic E-state index is 0.0143. The number of benzene rings is 2. The summed E-state index contributed by atoms with van der Waals surface area (Å²) < 4.78 is 11.9. The molecular formula is C25H34N2O3. The fraction of sp³-hybridized carbons (Fsp3) is 0.480. The van der Waals surface area contributed by atoms with Gasteiger partial charge in [-0.15, -0.1) is 0 Å². The number of morpholine rings is 1. The molecule has 5 heteroatoms. The van der Waals surface area contributed by atoms with Gasteiger partial charge in [-0.1, -0.05) is 60.7 Å². The fourth-order valence-corrected chi connectivity index (χ4v) is 3.95. The molecule has 2 atom stereocenters. The van der Waals surface area contributed by atoms with Gasteiger partial charge in [0.2, 0.25) is 5.91 Å². The minimum Gasteiger partial charge on any atom is -0.373 e. The van der Waals surface area contributed by atoms with Crippen molar-refractivity contribution in [3.8, 4) is 0 Å². The number of ether oxygens (including phenoxy) is 2. The van der Waals surface area contributed by atoms with E-state index in [0.717, 1.165) is 24.2 Å². The first kappa shape index (κ1) is 22.5. The molecule has 3 rings (SSSR count). The number of hydrogen-bond donors (Lipinski definition) is 1. The van der Waals surface area contributed by atoms with Crippen LogP contribution in [0, 0.1) is 0 Å². The molecule has 1 saturated heterocycles. The van der Waals surface area contributed by atoms with Crippen molar-refractivity contribution >= 4 is 5.91 Å². The van der Waals surface area contributed by atoms with E-state index in [9.17, 15) is 4.79 Å². The van der Waals surface area contributed by atoms with Gasteiger partial charge in [-0.05, 0) is 38.8 Å². The second-order valence-corrected chi connectivity index (χ2v) is 8.76. The highest BCUT2D eigenvalue weighted by Crippen LogP contribution is 2.25. The molecule has 2 aromatic rings. The van der Waals surface area contributed by atoms with Crippen molar-refractivity contribution in [3.63, 3.8) is 0 Å². The zero-order chi connectivity index (χ0) is 21.6. The maximum Gasteiger partial charge on any atom is 0.246 e. The summed E-state index contributed by atoms with van der Waals surface area (Å²) in [4.78, 5) is 15.0. The molecule has 1 heterocycles. The van der Waals surface area contributed by atoms with Crippen molar-refractivity contribution < 1.29 is 14.3 Å². The van der Waals surface area contributed by atoms with Gasteiger partial charge >= 0.3 is 0 Å². The van der Waals surface area contributed by atoms with Crippen molar-refractivity contribution in [2.24, 2.45) is 0 Å². The minimum atomic E-state index is -0.271. The lowest BCUT2D eigenvalue weighted by molar-refractivity contribution is -0.128. The molecule has 162 valence electrons. The summed E-state index contributed by atoms with van der Waals surface area (Å²) >= 11 is 0. The van der Waals surface area contributed by atoms with Crippen LogP contribution in [0.4, 0.5) is 0 Å². The van der Waals surface area contributed by atoms with Gasteiger partial charge in [0.1, 0.15) is 12.7 Å². The number of nitrogens with one attached hydrogen (secondary N) is 1. The number of amides is 1. The second kappa shape index (κ2) is 10.2. The molecule has 0 aliphatic carbocycles. The lowest BCUT2D eigenvalue weighted by atomic mass is 10.00. The smallest absolute Gasteiger partial charge is 0.246 e. The highest BCUT2D eigenvalue weighted by molar-refractivity contribution is 5.77. The Morgan fingerprint density at radius 1 is 1.03 bits per heavy atom. The third-order valence-electron chi connectivity index (χ3n) is 5.58. The zero-order valence-electron chi connectivity index (χ0n) is 18.5. The van der Waals surface area contributed by atoms with Crippen molar-refractivity contribution in [3.05, 3.63) is 71.8 Å². The summed E-state index contributed by atoms with van der Waals surface area (Å²) in [5, 5.41) is 3.06. The van der Waals surface area contributed by atoms with Gasteiger partial charge in [0.25, 0.3) is 0 Å². The van der Waals surface area contributed by atoms with E-state index in [2.05, 4.69) is 37.9 Å². The number of rotatable bonds is 8. The van der Waals surface area contributed by atoms with Crippen LogP contribution in [-0.4, -0.2) is 54.8 Å². The van der Waals surface area contributed by atoms with Crippen LogP contribution in [0.3, 0.4) is 0 Å². The Kier molecular flexibility index (Phi) is 7.64. The van der Waals surface area contributed by atoms with E-state index < -0.39 is 0 Å². The van der Waals surface area contributed by atoms with Crippen molar-refractivity contribution in [2.45, 2.75) is 51.5 Å². The Hall–Kier alpha value is -2.21. The van der Waals surface area contributed by atoms with Gasteiger partial charge in [-0.3, -0.25) is 9.69 Å². The van der Waals surface area contributed by atoms with Crippen LogP contribution < -0.4 is 5.32 Å². The summed E-state index contributed by atoms with van der Waals surface area (Å²) in [5.74, 6) is -0.103. The average molecular weight is 411 g/mol. The Morgan fingerprint density at radius 2 is 1.53 bits per heavy atom. The third kappa shape index (κ3) is 6.14. The molecular weight excluding hydrogens is 376 g/mol. The normalized spacial score (nSPS) is 20.3. The molecule has 1 amide bonds. The van der Waals surface area contributed by atoms with Crippen LogP contribution in [0.15, 0.2) is 60.7 Å². The summed E-state index contributed by atoms with van der Waals surface area (Å²) in [7, 11) is 0. The second-order valence-electron chi connectivity index (χ2n) is 8.76. The van der Waals surface area contributed by atoms with Gasteiger partial charge in [-0.2, -0.15) is 0 Å². The summed E-state index contributed by atoms with van der Waals surface area (Å²) in [6, 6.07) is 20.0. The van der Waals surface area contributed by atoms with E-state index in [1.54, 1.807) is 0 Å². The molecule has 1 N–H and O–H groups in total. The molecule has 5 nitrogen and oxygen atoms in total. The van der Waals surface area contributed by atoms with Gasteiger partial charge in [0, 0.05) is 25.2 Å². The highest BCUT2D eigenvalue weighted by Gasteiger charge is 2.33. The molecule has 1 aliphatic rings. The van der Waals surface area contributed by atoms with Crippen LogP contribution >= 0.6 is 0 Å². The molecule has 0 saturated carbocycles. The largest absolute Gasteiger partial charge is 0.373 e. The highest BCUT2D eigenvalue weighted by atomic mass is 16.5. The lowest BCUT2D eigenvalue weighted by Gasteiger charge is -2.45. The molecule has 0 radical (unpaired) electrons. The van der Waals surface area contributed by atoms with Gasteiger partial charge in [0.15, 0.2) is 0 Å². The number of hydrogen-bond acceptors (Lipinski definition) is 4. The van der Waals surface area contributed by atoms with Crippen LogP contribution in [0.25, 0.3) is 0 Å². The third-order valence-corrected chi connectivity index (χ3v) is 5.58. The van der Waals surface area contributed by atoms with Gasteiger partial charge in [0.05, 0.1) is 12.2 Å². The van der Waals surface area contributed by atoms with E-state index in [4.69, 9.17) is 9.47 Å². The van der Waals surface area contributed by atoms with Gasteiger partial charge in [-0.25, -0.2) is 0 Å². The average Bonchev–Trinajstić information content (AvgIpc) is 2.73. The maximum absolute atomic E-state index is 12.6. The predicted molar refractivity (Wildman–Crippen MR) is 119 cm³/mol. The number of carbonyl (C=O) groups is 1. The first-order valence-corrected chi connectivity index (χ1v) is 10.7. The lowest BCUT2D eigenvalue weighted by Crippen LogP contribution is -2.58. The first-order valence-electron chi connectivity index (χ1n) is 10.7. The molecule has 0 unspecified atom stereocenters. The van der Waals surface area contributed by atoms with Crippen LogP contribution in [0.2, 0.25) is 0 Å². The van der Waals surface area contributed by atoms with Crippen LogP contribution in [0.5, 0.6) is 0 Å². The Labute approximate surface area is 180 Å². The molecule has 0 bridgehead atoms. The van der Waals surface area contributed by atoms with Crippen LogP contribution in [-0.2, 0) is 14.3 Å². The van der Waals surface area contributed by atoms with Crippen molar-refractivity contribution in [1.29, 1.82) is 0 Å². The number of nitrogens with zero attached hydrogens (tertiary/aromatic N) is 1. The van der Waals surface area contributed by atoms with Gasteiger partial charge < -0.3 is 14.8 Å². The Bertz CT molecular complexity index is 745. The maximum atomic E-state index is 12.6. The number of carbonyl (C=O) groups excluding carboxylic acids is 1. The quantitative estimate of drug-likeness (QED) is 0.719. The summed E-state index contributed by atoms with van der Waals surface area (Å²) in [6.07, 6.45) is 0.126. The zero-order valence-corrected chi connectivity index (χ0v) is 18.5. The summed E-state index contributed by atoms with van der Waals surface area (Å²) in [5.41, 5.74) is 1.92. The van der Waals surface area contributed by atoms with E-state index >= 15 is 0 Å². The molecule has 2 aromatic carbocycles. The van der Waals surface area contributed by atoms with Crippen LogP contribution in [0.1, 0.15) is 44.9 Å². The molecule has 1 aliphatic heterocycles. The topological polar surface area (TPSA) is 50.8 Å². The monoisotopic (exact) mass is 410 g/mol. The summed E-state index contributed by atoms with van der Waals surface area (Å²) in [6.45, 7) is 10.8. The molecule has 30 heavy (non-hydrogen) atoms. The Morgan fingerprint density at radius 3 is 2.03 bits per heavy atom. The molecule has 0 aromatic heterocycles. The van der Waals surface area contributed by atoms with Crippen molar-refractivity contribution in [2.75, 3.05) is 26.2 Å².